The van der Waals surface area contributed by atoms with Gasteiger partial charge in [-0.2, -0.15) is 0 Å². The summed E-state index contributed by atoms with van der Waals surface area (Å²) in [6, 6.07) is 0. The predicted octanol–water partition coefficient (Wildman–Crippen LogP) is 3.40. The van der Waals surface area contributed by atoms with Crippen LogP contribution in [0.5, 0.6) is 0 Å². The Balaban J connectivity index is 2.06. The van der Waals surface area contributed by atoms with Crippen molar-refractivity contribution in [3.8, 4) is 0 Å². The first kappa shape index (κ1) is 10.6. The Morgan fingerprint density at radius 3 is 2.93 bits per heavy atom. The maximum atomic E-state index is 13.3. The van der Waals surface area contributed by atoms with Gasteiger partial charge in [0.05, 0.1) is 6.61 Å². The summed E-state index contributed by atoms with van der Waals surface area (Å²) in [7, 11) is 0. The fourth-order valence-corrected chi connectivity index (χ4v) is 2.03. The van der Waals surface area contributed by atoms with E-state index >= 15 is 0 Å². The van der Waals surface area contributed by atoms with Gasteiger partial charge in [-0.1, -0.05) is 18.2 Å². The van der Waals surface area contributed by atoms with Crippen molar-refractivity contribution in [1.82, 2.24) is 0 Å². The highest BCUT2D eigenvalue weighted by Gasteiger charge is 2.47. The van der Waals surface area contributed by atoms with Gasteiger partial charge < -0.3 is 4.74 Å². The highest BCUT2D eigenvalue weighted by Crippen LogP contribution is 2.53. The lowest BCUT2D eigenvalue weighted by atomic mass is 9.89. The first-order valence-corrected chi connectivity index (χ1v) is 5.57. The average molecular weight is 208 g/mol. The van der Waals surface area contributed by atoms with Crippen molar-refractivity contribution in [2.75, 3.05) is 13.2 Å². The number of allylic oxidation sites excluding steroid dienone is 6. The van der Waals surface area contributed by atoms with E-state index in [-0.39, 0.29) is 17.2 Å². The molecule has 15 heavy (non-hydrogen) atoms. The van der Waals surface area contributed by atoms with Gasteiger partial charge in [0, 0.05) is 17.9 Å². The lowest BCUT2D eigenvalue weighted by Crippen LogP contribution is -2.19. The van der Waals surface area contributed by atoms with Crippen LogP contribution in [0.4, 0.5) is 4.39 Å². The summed E-state index contributed by atoms with van der Waals surface area (Å²) in [6.07, 6.45) is 11.3. The van der Waals surface area contributed by atoms with Crippen molar-refractivity contribution >= 4 is 0 Å². The molecule has 1 nitrogen and oxygen atoms in total. The lowest BCUT2D eigenvalue weighted by Gasteiger charge is -2.20. The lowest BCUT2D eigenvalue weighted by molar-refractivity contribution is 0.0901. The van der Waals surface area contributed by atoms with Gasteiger partial charge in [-0.25, -0.2) is 4.39 Å². The van der Waals surface area contributed by atoms with E-state index in [1.54, 1.807) is 12.2 Å². The molecule has 1 unspecified atom stereocenters. The maximum Gasteiger partial charge on any atom is 0.119 e. The largest absolute Gasteiger partial charge is 0.381 e. The molecule has 0 spiro atoms. The molecule has 82 valence electrons. The number of hydrogen-bond acceptors (Lipinski definition) is 1. The zero-order valence-electron chi connectivity index (χ0n) is 9.08. The van der Waals surface area contributed by atoms with Crippen molar-refractivity contribution in [2.24, 2.45) is 11.3 Å². The molecule has 1 atom stereocenters. The van der Waals surface area contributed by atoms with Gasteiger partial charge in [-0.05, 0) is 31.9 Å². The molecule has 0 radical (unpaired) electrons. The Kier molecular flexibility index (Phi) is 3.06. The summed E-state index contributed by atoms with van der Waals surface area (Å²) in [4.78, 5) is 0. The van der Waals surface area contributed by atoms with Crippen LogP contribution in [0, 0.1) is 11.3 Å². The minimum Gasteiger partial charge on any atom is -0.381 e. The van der Waals surface area contributed by atoms with Gasteiger partial charge >= 0.3 is 0 Å². The molecule has 0 aliphatic heterocycles. The van der Waals surface area contributed by atoms with E-state index in [1.807, 2.05) is 13.0 Å². The van der Waals surface area contributed by atoms with Crippen molar-refractivity contribution in [3.05, 3.63) is 36.2 Å². The van der Waals surface area contributed by atoms with Gasteiger partial charge in [0.15, 0.2) is 0 Å². The molecule has 0 aromatic rings. The van der Waals surface area contributed by atoms with Crippen LogP contribution in [0.1, 0.15) is 19.8 Å². The number of ether oxygens (including phenoxy) is 1. The number of halogens is 1. The van der Waals surface area contributed by atoms with Crippen LogP contribution in [-0.2, 0) is 4.74 Å². The smallest absolute Gasteiger partial charge is 0.119 e. The van der Waals surface area contributed by atoms with Crippen LogP contribution in [-0.4, -0.2) is 13.2 Å². The van der Waals surface area contributed by atoms with Gasteiger partial charge in [-0.3, -0.25) is 0 Å². The van der Waals surface area contributed by atoms with Gasteiger partial charge in [0.2, 0.25) is 0 Å². The number of hydrogen-bond donors (Lipinski definition) is 0. The zero-order chi connectivity index (χ0) is 10.7. The van der Waals surface area contributed by atoms with Crippen molar-refractivity contribution in [2.45, 2.75) is 19.8 Å². The summed E-state index contributed by atoms with van der Waals surface area (Å²) < 4.78 is 18.8. The van der Waals surface area contributed by atoms with Gasteiger partial charge in [0.25, 0.3) is 0 Å². The van der Waals surface area contributed by atoms with Crippen LogP contribution >= 0.6 is 0 Å². The van der Waals surface area contributed by atoms with E-state index in [2.05, 4.69) is 6.08 Å². The van der Waals surface area contributed by atoms with E-state index in [0.29, 0.717) is 0 Å². The summed E-state index contributed by atoms with van der Waals surface area (Å²) >= 11 is 0. The number of rotatable bonds is 4. The fraction of sp³-hybridized carbons (Fsp3) is 0.538. The van der Waals surface area contributed by atoms with Crippen molar-refractivity contribution in [3.63, 3.8) is 0 Å². The second-order valence-corrected chi connectivity index (χ2v) is 4.32. The monoisotopic (exact) mass is 208 g/mol. The van der Waals surface area contributed by atoms with Crippen molar-refractivity contribution in [1.29, 1.82) is 0 Å². The Hall–Kier alpha value is -0.890. The van der Waals surface area contributed by atoms with Crippen LogP contribution < -0.4 is 0 Å². The molecule has 2 rings (SSSR count). The third-order valence-electron chi connectivity index (χ3n) is 3.22. The fourth-order valence-electron chi connectivity index (χ4n) is 2.03. The Morgan fingerprint density at radius 2 is 2.27 bits per heavy atom. The standard InChI is InChI=1S/C13H17FO/c1-2-15-10-13(7-8-13)11-5-3-4-6-12(14)9-11/h3-6,9,11H,2,7-8,10H2,1H3. The van der Waals surface area contributed by atoms with Gasteiger partial charge in [-0.15, -0.1) is 0 Å². The molecule has 1 saturated carbocycles. The second kappa shape index (κ2) is 4.31. The first-order valence-electron chi connectivity index (χ1n) is 5.57. The molecule has 0 aromatic carbocycles. The third kappa shape index (κ3) is 2.37. The summed E-state index contributed by atoms with van der Waals surface area (Å²) in [5, 5.41) is 0. The second-order valence-electron chi connectivity index (χ2n) is 4.32. The topological polar surface area (TPSA) is 9.23 Å². The highest BCUT2D eigenvalue weighted by atomic mass is 19.1. The normalized spacial score (nSPS) is 27.3. The Labute approximate surface area is 90.3 Å². The predicted molar refractivity (Wildman–Crippen MR) is 59.1 cm³/mol. The molecule has 0 heterocycles. The molecule has 0 aromatic heterocycles. The molecule has 0 N–H and O–H groups in total. The molecular weight excluding hydrogens is 191 g/mol. The summed E-state index contributed by atoms with van der Waals surface area (Å²) in [6.45, 7) is 3.49. The first-order chi connectivity index (χ1) is 7.27. The third-order valence-corrected chi connectivity index (χ3v) is 3.22. The minimum absolute atomic E-state index is 0.132. The Bertz CT molecular complexity index is 310. The van der Waals surface area contributed by atoms with E-state index in [0.717, 1.165) is 26.1 Å². The van der Waals surface area contributed by atoms with Crippen LogP contribution in [0.2, 0.25) is 0 Å². The summed E-state index contributed by atoms with van der Waals surface area (Å²) in [5.41, 5.74) is 0.176. The van der Waals surface area contributed by atoms with Gasteiger partial charge in [0.1, 0.15) is 5.83 Å². The molecule has 0 amide bonds. The van der Waals surface area contributed by atoms with Crippen LogP contribution in [0.25, 0.3) is 0 Å². The maximum absolute atomic E-state index is 13.3. The molecule has 0 saturated heterocycles. The average Bonchev–Trinajstić information content (AvgIpc) is 3.00. The van der Waals surface area contributed by atoms with Crippen LogP contribution in [0.15, 0.2) is 36.2 Å². The van der Waals surface area contributed by atoms with E-state index in [9.17, 15) is 4.39 Å². The molecule has 1 fully saturated rings. The zero-order valence-corrected chi connectivity index (χ0v) is 9.08. The molecule has 0 bridgehead atoms. The van der Waals surface area contributed by atoms with Crippen LogP contribution in [0.3, 0.4) is 0 Å². The minimum atomic E-state index is -0.132. The quantitative estimate of drug-likeness (QED) is 0.688. The molecule has 2 aliphatic rings. The SMILES string of the molecule is CCOCC1(C2C=CC=CC(F)=C2)CC1. The van der Waals surface area contributed by atoms with E-state index < -0.39 is 0 Å². The summed E-state index contributed by atoms with van der Waals surface area (Å²) in [5.74, 6) is 0.0619. The highest BCUT2D eigenvalue weighted by molar-refractivity contribution is 5.27. The molecular formula is C13H17FO. The van der Waals surface area contributed by atoms with E-state index in [1.165, 1.54) is 6.08 Å². The Morgan fingerprint density at radius 1 is 1.47 bits per heavy atom. The molecule has 2 aliphatic carbocycles. The van der Waals surface area contributed by atoms with Crippen molar-refractivity contribution < 1.29 is 9.13 Å². The van der Waals surface area contributed by atoms with E-state index in [4.69, 9.17) is 4.74 Å². The molecule has 2 heteroatoms.